The van der Waals surface area contributed by atoms with Crippen molar-refractivity contribution < 1.29 is 9.53 Å². The molecule has 0 spiro atoms. The van der Waals surface area contributed by atoms with Crippen LogP contribution in [0.1, 0.15) is 6.92 Å². The third-order valence-corrected chi connectivity index (χ3v) is 4.78. The number of halogens is 2. The molecule has 116 valence electrons. The van der Waals surface area contributed by atoms with E-state index in [-0.39, 0.29) is 11.2 Å². The lowest BCUT2D eigenvalue weighted by atomic mass is 10.3. The molecule has 1 amide bonds. The fraction of sp³-hybridized carbons (Fsp3) is 0.188. The average Bonchev–Trinajstić information content (AvgIpc) is 2.51. The minimum Gasteiger partial charge on any atom is -0.497 e. The van der Waals surface area contributed by atoms with Crippen molar-refractivity contribution >= 4 is 46.6 Å². The molecule has 1 N–H and O–H groups in total. The molecule has 0 saturated heterocycles. The highest BCUT2D eigenvalue weighted by Crippen LogP contribution is 2.28. The van der Waals surface area contributed by atoms with Crippen molar-refractivity contribution in [1.82, 2.24) is 0 Å². The van der Waals surface area contributed by atoms with Crippen LogP contribution in [-0.4, -0.2) is 18.3 Å². The Morgan fingerprint density at radius 1 is 1.14 bits per heavy atom. The fourth-order valence-electron chi connectivity index (χ4n) is 1.73. The monoisotopic (exact) mass is 355 g/mol. The standard InChI is InChI=1S/C16H15Cl2NO2S/c1-10(22-13-6-4-12(21-2)5-7-13)16(20)19-11-3-8-14(17)15(18)9-11/h3-10H,1-2H3,(H,19,20)/t10-/m1/s1. The number of thioether (sulfide) groups is 1. The Morgan fingerprint density at radius 2 is 1.82 bits per heavy atom. The van der Waals surface area contributed by atoms with Gasteiger partial charge in [-0.05, 0) is 49.4 Å². The first-order valence-electron chi connectivity index (χ1n) is 6.56. The van der Waals surface area contributed by atoms with E-state index in [1.165, 1.54) is 11.8 Å². The highest BCUT2D eigenvalue weighted by Gasteiger charge is 2.15. The second-order valence-electron chi connectivity index (χ2n) is 4.55. The van der Waals surface area contributed by atoms with E-state index >= 15 is 0 Å². The van der Waals surface area contributed by atoms with Gasteiger partial charge in [-0.3, -0.25) is 4.79 Å². The summed E-state index contributed by atoms with van der Waals surface area (Å²) in [6.45, 7) is 1.85. The summed E-state index contributed by atoms with van der Waals surface area (Å²) in [6.07, 6.45) is 0. The molecule has 3 nitrogen and oxygen atoms in total. The van der Waals surface area contributed by atoms with Gasteiger partial charge in [-0.1, -0.05) is 23.2 Å². The van der Waals surface area contributed by atoms with E-state index in [0.717, 1.165) is 10.6 Å². The number of benzene rings is 2. The SMILES string of the molecule is COc1ccc(S[C@H](C)C(=O)Nc2ccc(Cl)c(Cl)c2)cc1. The molecule has 0 aliphatic rings. The summed E-state index contributed by atoms with van der Waals surface area (Å²) in [7, 11) is 1.62. The molecule has 0 aromatic heterocycles. The van der Waals surface area contributed by atoms with Crippen molar-refractivity contribution in [2.45, 2.75) is 17.1 Å². The van der Waals surface area contributed by atoms with E-state index in [1.54, 1.807) is 25.3 Å². The van der Waals surface area contributed by atoms with Gasteiger partial charge in [0.05, 0.1) is 22.4 Å². The Hall–Kier alpha value is -1.36. The molecule has 2 rings (SSSR count). The topological polar surface area (TPSA) is 38.3 Å². The Bertz CT molecular complexity index is 662. The number of amides is 1. The van der Waals surface area contributed by atoms with E-state index in [1.807, 2.05) is 31.2 Å². The van der Waals surface area contributed by atoms with Crippen molar-refractivity contribution in [2.75, 3.05) is 12.4 Å². The van der Waals surface area contributed by atoms with Gasteiger partial charge >= 0.3 is 0 Å². The lowest BCUT2D eigenvalue weighted by molar-refractivity contribution is -0.115. The fourth-order valence-corrected chi connectivity index (χ4v) is 2.90. The van der Waals surface area contributed by atoms with Crippen LogP contribution in [0.5, 0.6) is 5.75 Å². The van der Waals surface area contributed by atoms with Gasteiger partial charge in [-0.25, -0.2) is 0 Å². The number of ether oxygens (including phenoxy) is 1. The third kappa shape index (κ3) is 4.57. The van der Waals surface area contributed by atoms with Gasteiger partial charge in [-0.15, -0.1) is 11.8 Å². The van der Waals surface area contributed by atoms with Gasteiger partial charge in [0.2, 0.25) is 5.91 Å². The second kappa shape index (κ2) is 7.77. The Morgan fingerprint density at radius 3 is 2.41 bits per heavy atom. The van der Waals surface area contributed by atoms with Crippen molar-refractivity contribution in [2.24, 2.45) is 0 Å². The van der Waals surface area contributed by atoms with Crippen LogP contribution in [0.2, 0.25) is 10.0 Å². The predicted molar refractivity (Wildman–Crippen MR) is 93.4 cm³/mol. The Balaban J connectivity index is 1.97. The number of nitrogens with one attached hydrogen (secondary N) is 1. The maximum absolute atomic E-state index is 12.2. The van der Waals surface area contributed by atoms with Crippen molar-refractivity contribution in [1.29, 1.82) is 0 Å². The largest absolute Gasteiger partial charge is 0.497 e. The molecule has 0 saturated carbocycles. The molecule has 0 aliphatic carbocycles. The van der Waals surface area contributed by atoms with E-state index in [0.29, 0.717) is 15.7 Å². The Kier molecular flexibility index (Phi) is 6.00. The number of anilines is 1. The van der Waals surface area contributed by atoms with Crippen LogP contribution in [0, 0.1) is 0 Å². The van der Waals surface area contributed by atoms with Gasteiger partial charge in [-0.2, -0.15) is 0 Å². The molecule has 2 aromatic carbocycles. The molecule has 2 aromatic rings. The van der Waals surface area contributed by atoms with Crippen LogP contribution < -0.4 is 10.1 Å². The molecule has 0 radical (unpaired) electrons. The van der Waals surface area contributed by atoms with Crippen LogP contribution in [-0.2, 0) is 4.79 Å². The lowest BCUT2D eigenvalue weighted by Crippen LogP contribution is -2.22. The summed E-state index contributed by atoms with van der Waals surface area (Å²) in [6, 6.07) is 12.6. The van der Waals surface area contributed by atoms with E-state index in [4.69, 9.17) is 27.9 Å². The zero-order chi connectivity index (χ0) is 16.1. The van der Waals surface area contributed by atoms with Crippen LogP contribution in [0.25, 0.3) is 0 Å². The first-order chi connectivity index (χ1) is 10.5. The smallest absolute Gasteiger partial charge is 0.237 e. The van der Waals surface area contributed by atoms with E-state index in [2.05, 4.69) is 5.32 Å². The molecule has 0 unspecified atom stereocenters. The minimum atomic E-state index is -0.247. The van der Waals surface area contributed by atoms with Gasteiger partial charge in [0, 0.05) is 10.6 Å². The van der Waals surface area contributed by atoms with Crippen molar-refractivity contribution in [3.05, 3.63) is 52.5 Å². The van der Waals surface area contributed by atoms with Crippen LogP contribution in [0.3, 0.4) is 0 Å². The van der Waals surface area contributed by atoms with Crippen LogP contribution >= 0.6 is 35.0 Å². The maximum atomic E-state index is 12.2. The van der Waals surface area contributed by atoms with E-state index in [9.17, 15) is 4.79 Å². The number of hydrogen-bond donors (Lipinski definition) is 1. The second-order valence-corrected chi connectivity index (χ2v) is 6.78. The highest BCUT2D eigenvalue weighted by molar-refractivity contribution is 8.00. The summed E-state index contributed by atoms with van der Waals surface area (Å²) in [5.74, 6) is 0.691. The molecule has 1 atom stereocenters. The molecular weight excluding hydrogens is 341 g/mol. The summed E-state index contributed by atoms with van der Waals surface area (Å²) < 4.78 is 5.11. The van der Waals surface area contributed by atoms with Crippen molar-refractivity contribution in [3.63, 3.8) is 0 Å². The molecular formula is C16H15Cl2NO2S. The molecule has 0 bridgehead atoms. The molecule has 0 aliphatic heterocycles. The number of methoxy groups -OCH3 is 1. The minimum absolute atomic E-state index is 0.0980. The summed E-state index contributed by atoms with van der Waals surface area (Å²) in [5.41, 5.74) is 0.626. The van der Waals surface area contributed by atoms with Gasteiger partial charge < -0.3 is 10.1 Å². The first-order valence-corrected chi connectivity index (χ1v) is 8.20. The molecule has 0 fully saturated rings. The van der Waals surface area contributed by atoms with E-state index < -0.39 is 0 Å². The van der Waals surface area contributed by atoms with Crippen LogP contribution in [0.15, 0.2) is 47.4 Å². The Labute approximate surface area is 144 Å². The summed E-state index contributed by atoms with van der Waals surface area (Å²) >= 11 is 13.3. The number of carbonyl (C=O) groups excluding carboxylic acids is 1. The first kappa shape index (κ1) is 17.0. The summed E-state index contributed by atoms with van der Waals surface area (Å²) in [4.78, 5) is 13.2. The van der Waals surface area contributed by atoms with Gasteiger partial charge in [0.25, 0.3) is 0 Å². The molecule has 22 heavy (non-hydrogen) atoms. The molecule has 0 heterocycles. The zero-order valence-electron chi connectivity index (χ0n) is 12.1. The number of rotatable bonds is 5. The number of carbonyl (C=O) groups is 1. The zero-order valence-corrected chi connectivity index (χ0v) is 14.4. The maximum Gasteiger partial charge on any atom is 0.237 e. The molecule has 6 heteroatoms. The predicted octanol–water partition coefficient (Wildman–Crippen LogP) is 5.12. The van der Waals surface area contributed by atoms with Crippen molar-refractivity contribution in [3.8, 4) is 5.75 Å². The summed E-state index contributed by atoms with van der Waals surface area (Å²) in [5, 5.41) is 3.45. The normalized spacial score (nSPS) is 11.8. The average molecular weight is 356 g/mol. The lowest BCUT2D eigenvalue weighted by Gasteiger charge is -2.12. The van der Waals surface area contributed by atoms with Crippen LogP contribution in [0.4, 0.5) is 5.69 Å². The quantitative estimate of drug-likeness (QED) is 0.756. The highest BCUT2D eigenvalue weighted by atomic mass is 35.5. The number of hydrogen-bond acceptors (Lipinski definition) is 3. The van der Waals surface area contributed by atoms with Gasteiger partial charge in [0.1, 0.15) is 5.75 Å². The third-order valence-electron chi connectivity index (χ3n) is 2.93. The van der Waals surface area contributed by atoms with Gasteiger partial charge in [0.15, 0.2) is 0 Å².